The van der Waals surface area contributed by atoms with Crippen molar-refractivity contribution >= 4 is 40.7 Å². The van der Waals surface area contributed by atoms with Crippen molar-refractivity contribution in [2.75, 3.05) is 0 Å². The zero-order chi connectivity index (χ0) is 12.2. The Bertz CT molecular complexity index is 355. The van der Waals surface area contributed by atoms with Gasteiger partial charge in [0.2, 0.25) is 3.79 Å². The quantitative estimate of drug-likeness (QED) is 0.440. The maximum absolute atomic E-state index is 11.4. The minimum atomic E-state index is -1.93. The molecule has 1 aromatic rings. The Kier molecular flexibility index (Phi) is 4.76. The Morgan fingerprint density at radius 1 is 1.38 bits per heavy atom. The second kappa shape index (κ2) is 5.65. The maximum atomic E-state index is 11.4. The molecule has 1 heterocycles. The lowest BCUT2D eigenvalue weighted by atomic mass is 10.3. The highest BCUT2D eigenvalue weighted by Gasteiger charge is 2.30. The normalized spacial score (nSPS) is 13.2. The van der Waals surface area contributed by atoms with E-state index in [0.29, 0.717) is 5.56 Å². The van der Waals surface area contributed by atoms with Crippen LogP contribution in [0.15, 0.2) is 24.5 Å². The molecule has 0 aliphatic heterocycles. The first kappa shape index (κ1) is 13.5. The molecule has 1 amide bonds. The van der Waals surface area contributed by atoms with Gasteiger partial charge in [-0.3, -0.25) is 15.2 Å². The number of nitrogens with one attached hydrogen (secondary N) is 2. The zero-order valence-electron chi connectivity index (χ0n) is 7.82. The van der Waals surface area contributed by atoms with Crippen LogP contribution in [0.4, 0.5) is 0 Å². The van der Waals surface area contributed by atoms with Gasteiger partial charge in [0.15, 0.2) is 6.23 Å². The van der Waals surface area contributed by atoms with E-state index in [9.17, 15) is 9.90 Å². The third-order valence-corrected chi connectivity index (χ3v) is 2.20. The smallest absolute Gasteiger partial charge is 0.265 e. The van der Waals surface area contributed by atoms with Gasteiger partial charge in [0.1, 0.15) is 0 Å². The van der Waals surface area contributed by atoms with Gasteiger partial charge in [0, 0.05) is 18.0 Å². The fourth-order valence-corrected chi connectivity index (χ4v) is 0.955. The Labute approximate surface area is 107 Å². The molecule has 0 saturated heterocycles. The number of hydrogen-bond acceptors (Lipinski definition) is 4. The van der Waals surface area contributed by atoms with Crippen LogP contribution in [-0.2, 0) is 0 Å². The molecule has 1 aromatic heterocycles. The highest BCUT2D eigenvalue weighted by molar-refractivity contribution is 6.68. The molecule has 3 N–H and O–H groups in total. The molecule has 0 aliphatic rings. The summed E-state index contributed by atoms with van der Waals surface area (Å²) < 4.78 is -1.93. The first-order chi connectivity index (χ1) is 7.41. The van der Waals surface area contributed by atoms with Crippen molar-refractivity contribution in [3.05, 3.63) is 30.1 Å². The van der Waals surface area contributed by atoms with E-state index in [1.165, 1.54) is 24.5 Å². The van der Waals surface area contributed by atoms with E-state index in [-0.39, 0.29) is 0 Å². The minimum Gasteiger partial charge on any atom is -0.373 e. The number of rotatable bonds is 3. The molecule has 0 bridgehead atoms. The number of amides is 1. The SMILES string of the molecule is O=C(NNC(O)C(Cl)(Cl)Cl)c1ccncc1. The molecule has 88 valence electrons. The first-order valence-electron chi connectivity index (χ1n) is 4.12. The van der Waals surface area contributed by atoms with E-state index in [4.69, 9.17) is 34.8 Å². The molecular weight excluding hydrogens is 276 g/mol. The molecular formula is C8H8Cl3N3O2. The summed E-state index contributed by atoms with van der Waals surface area (Å²) in [5, 5.41) is 9.25. The van der Waals surface area contributed by atoms with Crippen LogP contribution in [0, 0.1) is 0 Å². The summed E-state index contributed by atoms with van der Waals surface area (Å²) in [6.07, 6.45) is 1.41. The van der Waals surface area contributed by atoms with Crippen molar-refractivity contribution in [1.82, 2.24) is 15.8 Å². The highest BCUT2D eigenvalue weighted by atomic mass is 35.6. The van der Waals surface area contributed by atoms with Crippen molar-refractivity contribution in [2.24, 2.45) is 0 Å². The summed E-state index contributed by atoms with van der Waals surface area (Å²) in [5.74, 6) is -0.476. The highest BCUT2D eigenvalue weighted by Crippen LogP contribution is 2.28. The lowest BCUT2D eigenvalue weighted by Crippen LogP contribution is -2.50. The number of nitrogens with zero attached hydrogens (tertiary/aromatic N) is 1. The number of pyridine rings is 1. The van der Waals surface area contributed by atoms with Gasteiger partial charge in [-0.05, 0) is 12.1 Å². The van der Waals surface area contributed by atoms with Gasteiger partial charge in [-0.25, -0.2) is 5.43 Å². The molecule has 5 nitrogen and oxygen atoms in total. The van der Waals surface area contributed by atoms with E-state index in [0.717, 1.165) is 0 Å². The number of carbonyl (C=O) groups excluding carboxylic acids is 1. The van der Waals surface area contributed by atoms with Gasteiger partial charge in [-0.15, -0.1) is 0 Å². The number of hydrazine groups is 1. The molecule has 0 saturated carbocycles. The molecule has 0 spiro atoms. The number of aromatic nitrogens is 1. The minimum absolute atomic E-state index is 0.360. The average molecular weight is 285 g/mol. The van der Waals surface area contributed by atoms with Gasteiger partial charge in [0.25, 0.3) is 5.91 Å². The maximum Gasteiger partial charge on any atom is 0.265 e. The van der Waals surface area contributed by atoms with Crippen LogP contribution >= 0.6 is 34.8 Å². The Morgan fingerprint density at radius 2 is 1.94 bits per heavy atom. The molecule has 1 atom stereocenters. The van der Waals surface area contributed by atoms with Gasteiger partial charge >= 0.3 is 0 Å². The molecule has 8 heteroatoms. The molecule has 0 aromatic carbocycles. The van der Waals surface area contributed by atoms with Crippen LogP contribution in [0.2, 0.25) is 0 Å². The fraction of sp³-hybridized carbons (Fsp3) is 0.250. The summed E-state index contributed by atoms with van der Waals surface area (Å²) in [6, 6.07) is 3.00. The number of halogens is 3. The summed E-state index contributed by atoms with van der Waals surface area (Å²) in [6.45, 7) is 0. The summed E-state index contributed by atoms with van der Waals surface area (Å²) >= 11 is 16.1. The van der Waals surface area contributed by atoms with Gasteiger partial charge in [0.05, 0.1) is 0 Å². The lowest BCUT2D eigenvalue weighted by Gasteiger charge is -2.20. The van der Waals surface area contributed by atoms with E-state index in [2.05, 4.69) is 15.8 Å². The molecule has 1 unspecified atom stereocenters. The third-order valence-electron chi connectivity index (χ3n) is 1.57. The Hall–Kier alpha value is -0.590. The van der Waals surface area contributed by atoms with Crippen molar-refractivity contribution in [3.8, 4) is 0 Å². The van der Waals surface area contributed by atoms with Crippen LogP contribution < -0.4 is 10.9 Å². The number of aliphatic hydroxyl groups excluding tert-OH is 1. The topological polar surface area (TPSA) is 74.2 Å². The van der Waals surface area contributed by atoms with Crippen LogP contribution in [0.1, 0.15) is 10.4 Å². The van der Waals surface area contributed by atoms with E-state index < -0.39 is 15.9 Å². The second-order valence-corrected chi connectivity index (χ2v) is 5.15. The Balaban J connectivity index is 2.48. The van der Waals surface area contributed by atoms with E-state index in [1.807, 2.05) is 0 Å². The average Bonchev–Trinajstić information content (AvgIpc) is 2.25. The van der Waals surface area contributed by atoms with Gasteiger partial charge in [-0.1, -0.05) is 34.8 Å². The van der Waals surface area contributed by atoms with E-state index in [1.54, 1.807) is 0 Å². The Morgan fingerprint density at radius 3 is 2.44 bits per heavy atom. The van der Waals surface area contributed by atoms with Crippen LogP contribution in [0.3, 0.4) is 0 Å². The summed E-state index contributed by atoms with van der Waals surface area (Å²) in [5.41, 5.74) is 4.71. The molecule has 16 heavy (non-hydrogen) atoms. The molecule has 1 rings (SSSR count). The third kappa shape index (κ3) is 4.11. The molecule has 0 radical (unpaired) electrons. The van der Waals surface area contributed by atoms with E-state index >= 15 is 0 Å². The van der Waals surface area contributed by atoms with Crippen LogP contribution in [0.25, 0.3) is 0 Å². The second-order valence-electron chi connectivity index (χ2n) is 2.78. The van der Waals surface area contributed by atoms with Gasteiger partial charge < -0.3 is 5.11 Å². The fourth-order valence-electron chi connectivity index (χ4n) is 0.791. The standard InChI is InChI=1S/C8H8Cl3N3O2/c9-8(10,11)7(16)14-13-6(15)5-1-3-12-4-2-5/h1-4,7,14,16H,(H,13,15). The van der Waals surface area contributed by atoms with Gasteiger partial charge in [-0.2, -0.15) is 0 Å². The van der Waals surface area contributed by atoms with Crippen LogP contribution in [0.5, 0.6) is 0 Å². The lowest BCUT2D eigenvalue weighted by molar-refractivity contribution is 0.0812. The van der Waals surface area contributed by atoms with Crippen molar-refractivity contribution < 1.29 is 9.90 Å². The number of carbonyl (C=O) groups is 1. The first-order valence-corrected chi connectivity index (χ1v) is 5.25. The predicted molar refractivity (Wildman–Crippen MR) is 61.1 cm³/mol. The molecule has 0 aliphatic carbocycles. The van der Waals surface area contributed by atoms with Crippen molar-refractivity contribution in [1.29, 1.82) is 0 Å². The number of aliphatic hydroxyl groups is 1. The number of alkyl halides is 3. The van der Waals surface area contributed by atoms with Crippen molar-refractivity contribution in [3.63, 3.8) is 0 Å². The largest absolute Gasteiger partial charge is 0.373 e. The summed E-state index contributed by atoms with van der Waals surface area (Å²) in [7, 11) is 0. The predicted octanol–water partition coefficient (Wildman–Crippen LogP) is 1.00. The monoisotopic (exact) mass is 283 g/mol. The van der Waals surface area contributed by atoms with Crippen molar-refractivity contribution in [2.45, 2.75) is 10.0 Å². The number of hydrogen-bond donors (Lipinski definition) is 3. The summed E-state index contributed by atoms with van der Waals surface area (Å²) in [4.78, 5) is 15.2. The van der Waals surface area contributed by atoms with Crippen LogP contribution in [-0.4, -0.2) is 26.0 Å². The molecule has 0 fully saturated rings. The zero-order valence-corrected chi connectivity index (χ0v) is 10.1.